The van der Waals surface area contributed by atoms with Crippen LogP contribution in [0.25, 0.3) is 0 Å². The first-order chi connectivity index (χ1) is 10.0. The van der Waals surface area contributed by atoms with E-state index >= 15 is 0 Å². The number of aryl methyl sites for hydroxylation is 2. The van der Waals surface area contributed by atoms with Crippen LogP contribution < -0.4 is 10.6 Å². The molecule has 0 fully saturated rings. The van der Waals surface area contributed by atoms with Crippen LogP contribution in [0, 0.1) is 13.8 Å². The van der Waals surface area contributed by atoms with E-state index in [4.69, 9.17) is 11.6 Å². The molecule has 0 saturated heterocycles. The molecular formula is C16H18ClN3O. The monoisotopic (exact) mass is 303 g/mol. The average Bonchev–Trinajstić information content (AvgIpc) is 2.45. The van der Waals surface area contributed by atoms with Gasteiger partial charge in [0.05, 0.1) is 6.54 Å². The number of hydrogen-bond donors (Lipinski definition) is 2. The van der Waals surface area contributed by atoms with Gasteiger partial charge >= 0.3 is 0 Å². The molecular weight excluding hydrogens is 286 g/mol. The molecule has 5 heteroatoms. The molecule has 4 nitrogen and oxygen atoms in total. The van der Waals surface area contributed by atoms with Crippen LogP contribution in [0.3, 0.4) is 0 Å². The van der Waals surface area contributed by atoms with Gasteiger partial charge in [0.2, 0.25) is 5.91 Å². The summed E-state index contributed by atoms with van der Waals surface area (Å²) in [5, 5.41) is 6.54. The topological polar surface area (TPSA) is 54.0 Å². The minimum Gasteiger partial charge on any atom is -0.325 e. The van der Waals surface area contributed by atoms with E-state index in [-0.39, 0.29) is 12.5 Å². The quantitative estimate of drug-likeness (QED) is 0.892. The van der Waals surface area contributed by atoms with E-state index in [9.17, 15) is 4.79 Å². The summed E-state index contributed by atoms with van der Waals surface area (Å²) in [6.45, 7) is 4.71. The number of hydrogen-bond acceptors (Lipinski definition) is 3. The van der Waals surface area contributed by atoms with Crippen molar-refractivity contribution in [2.45, 2.75) is 20.4 Å². The largest absolute Gasteiger partial charge is 0.325 e. The molecule has 2 aromatic rings. The summed E-state index contributed by atoms with van der Waals surface area (Å²) < 4.78 is 0. The summed E-state index contributed by atoms with van der Waals surface area (Å²) >= 11 is 5.92. The Hall–Kier alpha value is -1.91. The molecule has 2 rings (SSSR count). The highest BCUT2D eigenvalue weighted by Gasteiger charge is 2.05. The third-order valence-electron chi connectivity index (χ3n) is 3.06. The van der Waals surface area contributed by atoms with Gasteiger partial charge in [0.1, 0.15) is 0 Å². The predicted octanol–water partition coefficient (Wildman–Crippen LogP) is 3.08. The lowest BCUT2D eigenvalue weighted by molar-refractivity contribution is -0.115. The van der Waals surface area contributed by atoms with Crippen molar-refractivity contribution in [2.75, 3.05) is 11.9 Å². The first kappa shape index (κ1) is 15.5. The Morgan fingerprint density at radius 1 is 1.24 bits per heavy atom. The summed E-state index contributed by atoms with van der Waals surface area (Å²) in [5.41, 5.74) is 3.75. The Morgan fingerprint density at radius 2 is 2.05 bits per heavy atom. The number of nitrogens with one attached hydrogen (secondary N) is 2. The lowest BCUT2D eigenvalue weighted by Crippen LogP contribution is -2.28. The number of nitrogens with zero attached hydrogens (tertiary/aromatic N) is 1. The van der Waals surface area contributed by atoms with Gasteiger partial charge in [0, 0.05) is 29.1 Å². The lowest BCUT2D eigenvalue weighted by atomic mass is 10.2. The highest BCUT2D eigenvalue weighted by molar-refractivity contribution is 6.31. The molecule has 110 valence electrons. The zero-order chi connectivity index (χ0) is 15.2. The van der Waals surface area contributed by atoms with Gasteiger partial charge in [0.15, 0.2) is 0 Å². The number of carbonyl (C=O) groups excluding carboxylic acids is 1. The smallest absolute Gasteiger partial charge is 0.238 e. The maximum absolute atomic E-state index is 11.9. The molecule has 0 radical (unpaired) electrons. The number of carbonyl (C=O) groups is 1. The van der Waals surface area contributed by atoms with Gasteiger partial charge in [-0.1, -0.05) is 23.7 Å². The molecule has 21 heavy (non-hydrogen) atoms. The van der Waals surface area contributed by atoms with E-state index < -0.39 is 0 Å². The third-order valence-corrected chi connectivity index (χ3v) is 3.30. The summed E-state index contributed by atoms with van der Waals surface area (Å²) in [6.07, 6.45) is 1.81. The first-order valence-electron chi connectivity index (χ1n) is 6.73. The van der Waals surface area contributed by atoms with E-state index in [1.54, 1.807) is 18.3 Å². The van der Waals surface area contributed by atoms with E-state index in [0.717, 1.165) is 22.5 Å². The average molecular weight is 304 g/mol. The molecule has 1 aromatic carbocycles. The number of rotatable bonds is 5. The molecule has 0 unspecified atom stereocenters. The van der Waals surface area contributed by atoms with Gasteiger partial charge in [0.25, 0.3) is 0 Å². The number of anilines is 1. The normalized spacial score (nSPS) is 10.4. The summed E-state index contributed by atoms with van der Waals surface area (Å²) in [4.78, 5) is 16.1. The predicted molar refractivity (Wildman–Crippen MR) is 85.5 cm³/mol. The highest BCUT2D eigenvalue weighted by atomic mass is 35.5. The summed E-state index contributed by atoms with van der Waals surface area (Å²) in [5.74, 6) is -0.0968. The standard InChI is InChI=1S/C16H18ClN3O/c1-11-3-6-14(17)7-15(11)20-16(21)10-18-8-13-5-4-12(2)19-9-13/h3-7,9,18H,8,10H2,1-2H3,(H,20,21). The molecule has 0 aliphatic rings. The van der Waals surface area contributed by atoms with Crippen molar-refractivity contribution in [3.05, 3.63) is 58.4 Å². The van der Waals surface area contributed by atoms with E-state index in [2.05, 4.69) is 15.6 Å². The van der Waals surface area contributed by atoms with Crippen LogP contribution in [-0.2, 0) is 11.3 Å². The Bertz CT molecular complexity index is 626. The Labute approximate surface area is 129 Å². The molecule has 0 atom stereocenters. The molecule has 2 N–H and O–H groups in total. The zero-order valence-corrected chi connectivity index (χ0v) is 12.9. The van der Waals surface area contributed by atoms with Crippen LogP contribution in [0.5, 0.6) is 0 Å². The fourth-order valence-electron chi connectivity index (χ4n) is 1.85. The van der Waals surface area contributed by atoms with Crippen molar-refractivity contribution in [1.82, 2.24) is 10.3 Å². The number of benzene rings is 1. The van der Waals surface area contributed by atoms with Crippen molar-refractivity contribution in [2.24, 2.45) is 0 Å². The van der Waals surface area contributed by atoms with Gasteiger partial charge in [-0.25, -0.2) is 0 Å². The Morgan fingerprint density at radius 3 is 2.76 bits per heavy atom. The Balaban J connectivity index is 1.82. The molecule has 0 spiro atoms. The molecule has 1 aromatic heterocycles. The fraction of sp³-hybridized carbons (Fsp3) is 0.250. The van der Waals surface area contributed by atoms with Crippen molar-refractivity contribution < 1.29 is 4.79 Å². The molecule has 1 amide bonds. The molecule has 0 aliphatic heterocycles. The number of halogens is 1. The van der Waals surface area contributed by atoms with Crippen LogP contribution in [0.2, 0.25) is 5.02 Å². The SMILES string of the molecule is Cc1ccc(CNCC(=O)Nc2cc(Cl)ccc2C)cn1. The Kier molecular flexibility index (Phi) is 5.31. The second-order valence-corrected chi connectivity index (χ2v) is 5.36. The third kappa shape index (κ3) is 4.85. The maximum Gasteiger partial charge on any atom is 0.238 e. The second-order valence-electron chi connectivity index (χ2n) is 4.92. The van der Waals surface area contributed by atoms with Gasteiger partial charge in [-0.3, -0.25) is 9.78 Å². The van der Waals surface area contributed by atoms with Crippen molar-refractivity contribution >= 4 is 23.2 Å². The maximum atomic E-state index is 11.9. The van der Waals surface area contributed by atoms with Gasteiger partial charge in [-0.05, 0) is 43.2 Å². The van der Waals surface area contributed by atoms with Crippen molar-refractivity contribution in [3.8, 4) is 0 Å². The van der Waals surface area contributed by atoms with Gasteiger partial charge < -0.3 is 10.6 Å². The zero-order valence-electron chi connectivity index (χ0n) is 12.1. The number of amides is 1. The van der Waals surface area contributed by atoms with Crippen LogP contribution in [0.15, 0.2) is 36.5 Å². The molecule has 0 aliphatic carbocycles. The van der Waals surface area contributed by atoms with Crippen LogP contribution in [0.4, 0.5) is 5.69 Å². The van der Waals surface area contributed by atoms with Crippen molar-refractivity contribution in [1.29, 1.82) is 0 Å². The van der Waals surface area contributed by atoms with E-state index in [1.807, 2.05) is 32.0 Å². The van der Waals surface area contributed by atoms with Crippen molar-refractivity contribution in [3.63, 3.8) is 0 Å². The first-order valence-corrected chi connectivity index (χ1v) is 7.10. The van der Waals surface area contributed by atoms with E-state index in [0.29, 0.717) is 11.6 Å². The van der Waals surface area contributed by atoms with E-state index in [1.165, 1.54) is 0 Å². The highest BCUT2D eigenvalue weighted by Crippen LogP contribution is 2.19. The van der Waals surface area contributed by atoms with Crippen LogP contribution in [0.1, 0.15) is 16.8 Å². The minimum atomic E-state index is -0.0968. The summed E-state index contributed by atoms with van der Waals surface area (Å²) in [7, 11) is 0. The number of aromatic nitrogens is 1. The molecule has 1 heterocycles. The van der Waals surface area contributed by atoms with Gasteiger partial charge in [-0.15, -0.1) is 0 Å². The summed E-state index contributed by atoms with van der Waals surface area (Å²) in [6, 6.07) is 9.37. The second kappa shape index (κ2) is 7.20. The minimum absolute atomic E-state index is 0.0968. The van der Waals surface area contributed by atoms with Crippen LogP contribution >= 0.6 is 11.6 Å². The molecule has 0 bridgehead atoms. The lowest BCUT2D eigenvalue weighted by Gasteiger charge is -2.09. The number of pyridine rings is 1. The van der Waals surface area contributed by atoms with Crippen LogP contribution in [-0.4, -0.2) is 17.4 Å². The fourth-order valence-corrected chi connectivity index (χ4v) is 2.02. The van der Waals surface area contributed by atoms with Gasteiger partial charge in [-0.2, -0.15) is 0 Å². The molecule has 0 saturated carbocycles.